The molecule has 0 saturated carbocycles. The number of aryl methyl sites for hydroxylation is 1. The summed E-state index contributed by atoms with van der Waals surface area (Å²) in [7, 11) is 1.63. The first-order valence-corrected chi connectivity index (χ1v) is 8.67. The van der Waals surface area contributed by atoms with E-state index in [4.69, 9.17) is 9.26 Å². The molecule has 0 aliphatic carbocycles. The molecule has 0 radical (unpaired) electrons. The van der Waals surface area contributed by atoms with Crippen LogP contribution in [0.3, 0.4) is 0 Å². The van der Waals surface area contributed by atoms with Gasteiger partial charge in [-0.3, -0.25) is 0 Å². The minimum Gasteiger partial charge on any atom is -0.497 e. The smallest absolute Gasteiger partial charge is 0.167 e. The van der Waals surface area contributed by atoms with Gasteiger partial charge in [-0.15, -0.1) is 0 Å². The number of nitrogens with zero attached hydrogens (tertiary/aromatic N) is 1. The predicted molar refractivity (Wildman–Crippen MR) is 98.8 cm³/mol. The van der Waals surface area contributed by atoms with Crippen LogP contribution in [0.5, 0.6) is 5.75 Å². The third-order valence-electron chi connectivity index (χ3n) is 4.32. The lowest BCUT2D eigenvalue weighted by atomic mass is 10.0. The second-order valence-corrected chi connectivity index (χ2v) is 6.28. The molecule has 0 amide bonds. The van der Waals surface area contributed by atoms with Crippen LogP contribution in [0, 0.1) is 0 Å². The van der Waals surface area contributed by atoms with Crippen molar-refractivity contribution in [1.82, 2.24) is 5.16 Å². The first-order chi connectivity index (χ1) is 12.7. The van der Waals surface area contributed by atoms with E-state index in [2.05, 4.69) is 5.16 Å². The third-order valence-corrected chi connectivity index (χ3v) is 4.32. The van der Waals surface area contributed by atoms with E-state index in [0.29, 0.717) is 24.3 Å². The normalized spacial score (nSPS) is 13.3. The number of rotatable bonds is 8. The molecule has 2 aromatic carbocycles. The fraction of sp³-hybridized carbons (Fsp3) is 0.286. The molecule has 1 aromatic heterocycles. The lowest BCUT2D eigenvalue weighted by Gasteiger charge is -2.14. The zero-order chi connectivity index (χ0) is 18.4. The van der Waals surface area contributed by atoms with Gasteiger partial charge in [-0.1, -0.05) is 47.6 Å². The van der Waals surface area contributed by atoms with E-state index in [-0.39, 0.29) is 6.42 Å². The van der Waals surface area contributed by atoms with Crippen LogP contribution < -0.4 is 4.74 Å². The van der Waals surface area contributed by atoms with Gasteiger partial charge in [-0.05, 0) is 30.5 Å². The number of aliphatic hydroxyl groups excluding tert-OH is 2. The quantitative estimate of drug-likeness (QED) is 0.645. The summed E-state index contributed by atoms with van der Waals surface area (Å²) in [6.07, 6.45) is -0.0260. The molecule has 1 heterocycles. The van der Waals surface area contributed by atoms with Gasteiger partial charge in [0.05, 0.1) is 13.2 Å². The molecule has 136 valence electrons. The molecule has 26 heavy (non-hydrogen) atoms. The minimum atomic E-state index is -0.864. The van der Waals surface area contributed by atoms with Crippen molar-refractivity contribution < 1.29 is 19.5 Å². The number of hydrogen-bond donors (Lipinski definition) is 2. The first-order valence-electron chi connectivity index (χ1n) is 8.67. The van der Waals surface area contributed by atoms with E-state index in [1.165, 1.54) is 0 Å². The summed E-state index contributed by atoms with van der Waals surface area (Å²) >= 11 is 0. The van der Waals surface area contributed by atoms with Crippen LogP contribution in [0.1, 0.15) is 30.2 Å². The zero-order valence-electron chi connectivity index (χ0n) is 14.7. The largest absolute Gasteiger partial charge is 0.497 e. The number of aromatic nitrogens is 1. The van der Waals surface area contributed by atoms with E-state index in [0.717, 1.165) is 16.9 Å². The van der Waals surface area contributed by atoms with Crippen molar-refractivity contribution in [2.45, 2.75) is 31.5 Å². The van der Waals surface area contributed by atoms with Crippen LogP contribution in [0.15, 0.2) is 65.2 Å². The Balaban J connectivity index is 1.54. The van der Waals surface area contributed by atoms with Crippen molar-refractivity contribution in [1.29, 1.82) is 0 Å². The molecule has 0 spiro atoms. The van der Waals surface area contributed by atoms with E-state index in [9.17, 15) is 10.2 Å². The highest BCUT2D eigenvalue weighted by Gasteiger charge is 2.18. The molecule has 5 nitrogen and oxygen atoms in total. The van der Waals surface area contributed by atoms with Crippen LogP contribution in [0.2, 0.25) is 0 Å². The van der Waals surface area contributed by atoms with Crippen LogP contribution in [-0.4, -0.2) is 28.6 Å². The Labute approximate surface area is 152 Å². The number of ether oxygens (including phenoxy) is 1. The average molecular weight is 353 g/mol. The van der Waals surface area contributed by atoms with Crippen LogP contribution >= 0.6 is 0 Å². The maximum atomic E-state index is 10.3. The second kappa shape index (κ2) is 8.65. The van der Waals surface area contributed by atoms with Crippen molar-refractivity contribution in [3.05, 3.63) is 71.9 Å². The van der Waals surface area contributed by atoms with E-state index >= 15 is 0 Å². The molecule has 5 heteroatoms. The topological polar surface area (TPSA) is 75.7 Å². The lowest BCUT2D eigenvalue weighted by Crippen LogP contribution is -2.13. The number of aliphatic hydroxyl groups is 2. The number of hydrogen-bond acceptors (Lipinski definition) is 5. The molecule has 0 saturated heterocycles. The molecule has 2 N–H and O–H groups in total. The molecule has 2 atom stereocenters. The van der Waals surface area contributed by atoms with E-state index < -0.39 is 12.2 Å². The minimum absolute atomic E-state index is 0.213. The van der Waals surface area contributed by atoms with Crippen molar-refractivity contribution in [2.24, 2.45) is 0 Å². The highest BCUT2D eigenvalue weighted by atomic mass is 16.5. The van der Waals surface area contributed by atoms with Crippen LogP contribution in [-0.2, 0) is 6.42 Å². The van der Waals surface area contributed by atoms with Crippen molar-refractivity contribution in [3.63, 3.8) is 0 Å². The summed E-state index contributed by atoms with van der Waals surface area (Å²) in [4.78, 5) is 0. The van der Waals surface area contributed by atoms with Crippen LogP contribution in [0.25, 0.3) is 11.3 Å². The van der Waals surface area contributed by atoms with E-state index in [1.807, 2.05) is 54.6 Å². The summed E-state index contributed by atoms with van der Waals surface area (Å²) in [5.41, 5.74) is 2.42. The summed E-state index contributed by atoms with van der Waals surface area (Å²) in [6.45, 7) is 0. The Morgan fingerprint density at radius 1 is 1.04 bits per heavy atom. The number of methoxy groups -OCH3 is 1. The molecule has 0 fully saturated rings. The highest BCUT2D eigenvalue weighted by molar-refractivity contribution is 5.57. The fourth-order valence-electron chi connectivity index (χ4n) is 2.84. The molecule has 3 aromatic rings. The van der Waals surface area contributed by atoms with Gasteiger partial charge in [0.25, 0.3) is 0 Å². The molecular weight excluding hydrogens is 330 g/mol. The summed E-state index contributed by atoms with van der Waals surface area (Å²) in [5.74, 6) is 1.40. The summed E-state index contributed by atoms with van der Waals surface area (Å²) in [5, 5.41) is 24.5. The fourth-order valence-corrected chi connectivity index (χ4v) is 2.84. The zero-order valence-corrected chi connectivity index (χ0v) is 14.7. The molecule has 0 aliphatic heterocycles. The third kappa shape index (κ3) is 4.71. The second-order valence-electron chi connectivity index (χ2n) is 6.28. The molecule has 0 bridgehead atoms. The van der Waals surface area contributed by atoms with Gasteiger partial charge >= 0.3 is 0 Å². The average Bonchev–Trinajstić information content (AvgIpc) is 3.18. The summed E-state index contributed by atoms with van der Waals surface area (Å²) in [6, 6.07) is 19.1. The van der Waals surface area contributed by atoms with E-state index in [1.54, 1.807) is 13.2 Å². The Hall–Kier alpha value is -2.63. The summed E-state index contributed by atoms with van der Waals surface area (Å²) < 4.78 is 10.5. The van der Waals surface area contributed by atoms with Gasteiger partial charge in [0, 0.05) is 18.1 Å². The van der Waals surface area contributed by atoms with Crippen LogP contribution in [0.4, 0.5) is 0 Å². The lowest BCUT2D eigenvalue weighted by molar-refractivity contribution is 0.0717. The predicted octanol–water partition coefficient (Wildman–Crippen LogP) is 3.77. The molecule has 0 unspecified atom stereocenters. The maximum Gasteiger partial charge on any atom is 0.167 e. The van der Waals surface area contributed by atoms with Gasteiger partial charge < -0.3 is 19.5 Å². The Morgan fingerprint density at radius 3 is 2.62 bits per heavy atom. The Bertz CT molecular complexity index is 816. The Kier molecular flexibility index (Phi) is 6.04. The van der Waals surface area contributed by atoms with Crippen molar-refractivity contribution in [3.8, 4) is 17.1 Å². The van der Waals surface area contributed by atoms with Gasteiger partial charge in [0.15, 0.2) is 5.76 Å². The van der Waals surface area contributed by atoms with Gasteiger partial charge in [0.2, 0.25) is 0 Å². The molecule has 3 rings (SSSR count). The van der Waals surface area contributed by atoms with Gasteiger partial charge in [-0.25, -0.2) is 0 Å². The SMILES string of the molecule is COc1cccc(CC[C@H](O)C[C@@H](O)c2cc(-c3ccccc3)on2)c1. The monoisotopic (exact) mass is 353 g/mol. The standard InChI is InChI=1S/C21H23NO4/c1-25-18-9-5-6-15(12-18)10-11-17(23)13-20(24)19-14-21(26-22-19)16-7-3-2-4-8-16/h2-9,12,14,17,20,23-24H,10-11,13H2,1H3/t17-,20+/m0/s1. The van der Waals surface area contributed by atoms with Gasteiger partial charge in [0.1, 0.15) is 17.5 Å². The number of benzene rings is 2. The van der Waals surface area contributed by atoms with Crippen molar-refractivity contribution >= 4 is 0 Å². The first kappa shape index (κ1) is 18.2. The van der Waals surface area contributed by atoms with Crippen molar-refractivity contribution in [2.75, 3.05) is 7.11 Å². The van der Waals surface area contributed by atoms with Gasteiger partial charge in [-0.2, -0.15) is 0 Å². The maximum absolute atomic E-state index is 10.3. The highest BCUT2D eigenvalue weighted by Crippen LogP contribution is 2.25. The molecular formula is C21H23NO4. The molecule has 0 aliphatic rings. The Morgan fingerprint density at radius 2 is 1.85 bits per heavy atom.